The third kappa shape index (κ3) is 4.01. The van der Waals surface area contributed by atoms with Crippen LogP contribution in [0.3, 0.4) is 0 Å². The van der Waals surface area contributed by atoms with E-state index >= 15 is 0 Å². The molecule has 0 bridgehead atoms. The Morgan fingerprint density at radius 1 is 1.04 bits per heavy atom. The van der Waals surface area contributed by atoms with Crippen LogP contribution in [0.4, 0.5) is 0 Å². The Kier molecular flexibility index (Phi) is 5.19. The van der Waals surface area contributed by atoms with E-state index in [0.717, 1.165) is 30.7 Å². The summed E-state index contributed by atoms with van der Waals surface area (Å²) in [5.41, 5.74) is 3.46. The van der Waals surface area contributed by atoms with Crippen molar-refractivity contribution >= 4 is 10.0 Å². The van der Waals surface area contributed by atoms with Crippen molar-refractivity contribution in [2.24, 2.45) is 0 Å². The lowest BCUT2D eigenvalue weighted by Gasteiger charge is -2.31. The van der Waals surface area contributed by atoms with Gasteiger partial charge in [0.25, 0.3) is 0 Å². The van der Waals surface area contributed by atoms with Crippen LogP contribution in [0, 0.1) is 6.92 Å². The Morgan fingerprint density at radius 2 is 1.78 bits per heavy atom. The van der Waals surface area contributed by atoms with Crippen LogP contribution in [0.5, 0.6) is 5.75 Å². The van der Waals surface area contributed by atoms with Crippen LogP contribution in [-0.4, -0.2) is 36.9 Å². The maximum Gasteiger partial charge on any atom is 0.243 e. The molecule has 6 heteroatoms. The number of fused-ring (bicyclic) bond motifs is 1. The van der Waals surface area contributed by atoms with Gasteiger partial charge in [-0.1, -0.05) is 6.07 Å². The normalized spacial score (nSPS) is 18.9. The summed E-state index contributed by atoms with van der Waals surface area (Å²) >= 11 is 0. The minimum Gasteiger partial charge on any atom is -0.489 e. The summed E-state index contributed by atoms with van der Waals surface area (Å²) in [4.78, 5) is 4.68. The quantitative estimate of drug-likeness (QED) is 0.807. The molecule has 2 aromatic rings. The molecule has 0 amide bonds. The Bertz CT molecular complexity index is 902. The standard InChI is InChI=1S/C21H26N2O3S/c1-16-6-8-20(15-22-16)26-19-10-12-23(13-11-19)27(24,25)21-9-7-17-4-2-3-5-18(17)14-21/h6-9,14-15,19H,2-5,10-13H2,1H3. The second-order valence-electron chi connectivity index (χ2n) is 7.49. The molecule has 0 atom stereocenters. The van der Waals surface area contributed by atoms with E-state index < -0.39 is 10.0 Å². The highest BCUT2D eigenvalue weighted by Crippen LogP contribution is 2.28. The predicted octanol–water partition coefficient (Wildman–Crippen LogP) is 3.50. The van der Waals surface area contributed by atoms with Gasteiger partial charge in [0.2, 0.25) is 10.0 Å². The summed E-state index contributed by atoms with van der Waals surface area (Å²) < 4.78 is 33.7. The monoisotopic (exact) mass is 386 g/mol. The number of nitrogens with zero attached hydrogens (tertiary/aromatic N) is 2. The first-order chi connectivity index (χ1) is 13.0. The van der Waals surface area contributed by atoms with Crippen LogP contribution in [0.2, 0.25) is 0 Å². The molecule has 27 heavy (non-hydrogen) atoms. The average molecular weight is 387 g/mol. The van der Waals surface area contributed by atoms with Crippen LogP contribution < -0.4 is 4.74 Å². The SMILES string of the molecule is Cc1ccc(OC2CCN(S(=O)(=O)c3ccc4c(c3)CCCC4)CC2)cn1. The minimum absolute atomic E-state index is 0.0319. The van der Waals surface area contributed by atoms with Crippen molar-refractivity contribution in [3.05, 3.63) is 53.3 Å². The lowest BCUT2D eigenvalue weighted by atomic mass is 9.92. The highest BCUT2D eigenvalue weighted by Gasteiger charge is 2.30. The van der Waals surface area contributed by atoms with Gasteiger partial charge in [0.1, 0.15) is 11.9 Å². The summed E-state index contributed by atoms with van der Waals surface area (Å²) in [5.74, 6) is 0.747. The Hall–Kier alpha value is -1.92. The molecule has 0 unspecified atom stereocenters. The topological polar surface area (TPSA) is 59.5 Å². The van der Waals surface area contributed by atoms with Gasteiger partial charge in [0.05, 0.1) is 11.1 Å². The fraction of sp³-hybridized carbons (Fsp3) is 0.476. The second-order valence-corrected chi connectivity index (χ2v) is 9.43. The molecule has 0 saturated carbocycles. The van der Waals surface area contributed by atoms with E-state index in [1.54, 1.807) is 16.6 Å². The molecular weight excluding hydrogens is 360 g/mol. The van der Waals surface area contributed by atoms with E-state index in [4.69, 9.17) is 4.74 Å². The van der Waals surface area contributed by atoms with E-state index in [1.807, 2.05) is 31.2 Å². The number of piperidine rings is 1. The van der Waals surface area contributed by atoms with Gasteiger partial charge >= 0.3 is 0 Å². The van der Waals surface area contributed by atoms with Gasteiger partial charge in [-0.2, -0.15) is 4.31 Å². The number of ether oxygens (including phenoxy) is 1. The summed E-state index contributed by atoms with van der Waals surface area (Å²) in [7, 11) is -3.43. The lowest BCUT2D eigenvalue weighted by Crippen LogP contribution is -2.41. The van der Waals surface area contributed by atoms with Crippen LogP contribution in [0.15, 0.2) is 41.4 Å². The number of sulfonamides is 1. The number of aromatic nitrogens is 1. The van der Waals surface area contributed by atoms with Gasteiger partial charge in [-0.25, -0.2) is 8.42 Å². The molecule has 0 N–H and O–H groups in total. The Morgan fingerprint density at radius 3 is 2.48 bits per heavy atom. The molecule has 1 aliphatic heterocycles. The first kappa shape index (κ1) is 18.4. The van der Waals surface area contributed by atoms with Gasteiger partial charge < -0.3 is 4.74 Å². The highest BCUT2D eigenvalue weighted by atomic mass is 32.2. The van der Waals surface area contributed by atoms with Crippen LogP contribution in [0.1, 0.15) is 42.5 Å². The predicted molar refractivity (Wildman–Crippen MR) is 104 cm³/mol. The number of hydrogen-bond donors (Lipinski definition) is 0. The number of rotatable bonds is 4. The number of benzene rings is 1. The molecule has 0 radical (unpaired) electrons. The second kappa shape index (κ2) is 7.60. The molecule has 2 aliphatic rings. The van der Waals surface area contributed by atoms with Crippen molar-refractivity contribution in [1.29, 1.82) is 0 Å². The molecule has 1 aromatic heterocycles. The zero-order valence-corrected chi connectivity index (χ0v) is 16.5. The number of aryl methyl sites for hydroxylation is 3. The fourth-order valence-corrected chi connectivity index (χ4v) is 5.45. The first-order valence-corrected chi connectivity index (χ1v) is 11.2. The van der Waals surface area contributed by atoms with E-state index in [1.165, 1.54) is 17.5 Å². The van der Waals surface area contributed by atoms with Crippen molar-refractivity contribution in [1.82, 2.24) is 9.29 Å². The fourth-order valence-electron chi connectivity index (χ4n) is 3.93. The number of pyridine rings is 1. The molecule has 0 spiro atoms. The molecule has 2 heterocycles. The number of hydrogen-bond acceptors (Lipinski definition) is 4. The van der Waals surface area contributed by atoms with Gasteiger partial charge in [0, 0.05) is 18.8 Å². The van der Waals surface area contributed by atoms with Crippen LogP contribution in [-0.2, 0) is 22.9 Å². The van der Waals surface area contributed by atoms with E-state index in [0.29, 0.717) is 30.8 Å². The Balaban J connectivity index is 1.41. The maximum absolute atomic E-state index is 13.1. The van der Waals surface area contributed by atoms with Crippen molar-refractivity contribution < 1.29 is 13.2 Å². The molecule has 1 aromatic carbocycles. The van der Waals surface area contributed by atoms with E-state index in [2.05, 4.69) is 4.98 Å². The summed E-state index contributed by atoms with van der Waals surface area (Å²) in [6.45, 7) is 2.92. The zero-order chi connectivity index (χ0) is 18.9. The summed E-state index contributed by atoms with van der Waals surface area (Å²) in [6.07, 6.45) is 7.54. The van der Waals surface area contributed by atoms with Crippen molar-refractivity contribution in [2.45, 2.75) is 56.4 Å². The summed E-state index contributed by atoms with van der Waals surface area (Å²) in [5, 5.41) is 0. The first-order valence-electron chi connectivity index (χ1n) is 9.74. The molecule has 5 nitrogen and oxygen atoms in total. The molecule has 1 fully saturated rings. The highest BCUT2D eigenvalue weighted by molar-refractivity contribution is 7.89. The molecule has 1 saturated heterocycles. The van der Waals surface area contributed by atoms with Gasteiger partial charge in [-0.15, -0.1) is 0 Å². The molecule has 4 rings (SSSR count). The maximum atomic E-state index is 13.1. The van der Waals surface area contributed by atoms with Gasteiger partial charge in [-0.3, -0.25) is 4.98 Å². The van der Waals surface area contributed by atoms with E-state index in [9.17, 15) is 8.42 Å². The van der Waals surface area contributed by atoms with E-state index in [-0.39, 0.29) is 6.10 Å². The zero-order valence-electron chi connectivity index (χ0n) is 15.7. The van der Waals surface area contributed by atoms with Crippen molar-refractivity contribution in [2.75, 3.05) is 13.1 Å². The van der Waals surface area contributed by atoms with Crippen molar-refractivity contribution in [3.63, 3.8) is 0 Å². The van der Waals surface area contributed by atoms with Gasteiger partial charge in [0.15, 0.2) is 0 Å². The smallest absolute Gasteiger partial charge is 0.243 e. The molecule has 1 aliphatic carbocycles. The van der Waals surface area contributed by atoms with Crippen molar-refractivity contribution in [3.8, 4) is 5.75 Å². The average Bonchev–Trinajstić information content (AvgIpc) is 2.70. The van der Waals surface area contributed by atoms with Crippen LogP contribution in [0.25, 0.3) is 0 Å². The third-order valence-corrected chi connectivity index (χ3v) is 7.44. The summed E-state index contributed by atoms with van der Waals surface area (Å²) in [6, 6.07) is 9.51. The molecule has 144 valence electrons. The minimum atomic E-state index is -3.43. The lowest BCUT2D eigenvalue weighted by molar-refractivity contribution is 0.134. The largest absolute Gasteiger partial charge is 0.489 e. The Labute approximate surface area is 161 Å². The van der Waals surface area contributed by atoms with Gasteiger partial charge in [-0.05, 0) is 80.8 Å². The molecular formula is C21H26N2O3S. The van der Waals surface area contributed by atoms with Crippen LogP contribution >= 0.6 is 0 Å². The third-order valence-electron chi connectivity index (χ3n) is 5.55.